The Morgan fingerprint density at radius 1 is 1.40 bits per heavy atom. The molecule has 1 aliphatic carbocycles. The first-order valence-corrected chi connectivity index (χ1v) is 11.8. The van der Waals surface area contributed by atoms with Crippen molar-refractivity contribution in [1.82, 2.24) is 30.4 Å². The lowest BCUT2D eigenvalue weighted by Gasteiger charge is -2.36. The Hall–Kier alpha value is -2.06. The topological polar surface area (TPSA) is 75.9 Å². The van der Waals surface area contributed by atoms with Gasteiger partial charge in [0.05, 0.1) is 18.6 Å². The van der Waals surface area contributed by atoms with Gasteiger partial charge in [-0.3, -0.25) is 9.69 Å². The average molecular weight is 429 g/mol. The summed E-state index contributed by atoms with van der Waals surface area (Å²) in [6.45, 7) is 9.30. The highest BCUT2D eigenvalue weighted by Crippen LogP contribution is 2.42. The number of nitrogens with zero attached hydrogens (tertiary/aromatic N) is 5. The van der Waals surface area contributed by atoms with Gasteiger partial charge in [-0.2, -0.15) is 0 Å². The number of hydrogen-bond donors (Lipinski definition) is 1. The van der Waals surface area contributed by atoms with Crippen molar-refractivity contribution in [2.45, 2.75) is 71.5 Å². The fraction of sp³-hybridized carbons (Fsp3) is 0.636. The van der Waals surface area contributed by atoms with Crippen molar-refractivity contribution in [3.05, 3.63) is 39.9 Å². The van der Waals surface area contributed by atoms with Crippen LogP contribution in [0.1, 0.15) is 63.8 Å². The van der Waals surface area contributed by atoms with Crippen molar-refractivity contribution in [2.75, 3.05) is 13.1 Å². The molecule has 8 heteroatoms. The molecule has 0 saturated carbocycles. The largest absolute Gasteiger partial charge is 0.350 e. The van der Waals surface area contributed by atoms with E-state index in [1.165, 1.54) is 24.1 Å². The Kier molecular flexibility index (Phi) is 6.34. The molecule has 1 saturated heterocycles. The molecule has 162 valence electrons. The smallest absolute Gasteiger partial charge is 0.237 e. The maximum Gasteiger partial charge on any atom is 0.237 e. The van der Waals surface area contributed by atoms with Gasteiger partial charge in [0.25, 0.3) is 0 Å². The minimum absolute atomic E-state index is 0.104. The lowest BCUT2D eigenvalue weighted by molar-refractivity contribution is -0.125. The zero-order chi connectivity index (χ0) is 21.1. The van der Waals surface area contributed by atoms with Crippen LogP contribution in [0.5, 0.6) is 0 Å². The second-order valence-electron chi connectivity index (χ2n) is 9.23. The molecule has 1 aliphatic heterocycles. The maximum atomic E-state index is 13.1. The van der Waals surface area contributed by atoms with E-state index in [-0.39, 0.29) is 23.4 Å². The van der Waals surface area contributed by atoms with Gasteiger partial charge in [0, 0.05) is 18.0 Å². The molecule has 4 rings (SSSR count). The van der Waals surface area contributed by atoms with Crippen LogP contribution in [0.15, 0.2) is 35.0 Å². The fourth-order valence-electron chi connectivity index (χ4n) is 5.11. The minimum atomic E-state index is -0.147. The van der Waals surface area contributed by atoms with Crippen LogP contribution < -0.4 is 5.32 Å². The second-order valence-corrected chi connectivity index (χ2v) is 10.3. The first-order chi connectivity index (χ1) is 14.4. The molecular formula is C22H32N6OS. The number of rotatable bonds is 7. The number of hydrogen-bond acceptors (Lipinski definition) is 6. The molecule has 0 radical (unpaired) electrons. The van der Waals surface area contributed by atoms with Crippen LogP contribution in [0, 0.1) is 5.41 Å². The predicted molar refractivity (Wildman–Crippen MR) is 118 cm³/mol. The van der Waals surface area contributed by atoms with Gasteiger partial charge in [-0.25, -0.2) is 4.68 Å². The number of likely N-dealkylation sites (tertiary alicyclic amines) is 1. The molecule has 30 heavy (non-hydrogen) atoms. The highest BCUT2D eigenvalue weighted by Gasteiger charge is 2.38. The van der Waals surface area contributed by atoms with Crippen molar-refractivity contribution in [2.24, 2.45) is 5.41 Å². The van der Waals surface area contributed by atoms with Gasteiger partial charge in [-0.05, 0) is 66.3 Å². The summed E-state index contributed by atoms with van der Waals surface area (Å²) in [5, 5.41) is 16.8. The van der Waals surface area contributed by atoms with E-state index in [2.05, 4.69) is 52.6 Å². The lowest BCUT2D eigenvalue weighted by Crippen LogP contribution is -2.43. The van der Waals surface area contributed by atoms with E-state index in [1.54, 1.807) is 33.5 Å². The molecule has 2 aliphatic rings. The molecule has 1 N–H and O–H groups in total. The Morgan fingerprint density at radius 3 is 2.97 bits per heavy atom. The van der Waals surface area contributed by atoms with E-state index in [1.807, 2.05) is 11.4 Å². The van der Waals surface area contributed by atoms with Gasteiger partial charge in [0.2, 0.25) is 5.91 Å². The van der Waals surface area contributed by atoms with Crippen LogP contribution in [-0.4, -0.2) is 50.1 Å². The van der Waals surface area contributed by atoms with E-state index in [9.17, 15) is 4.79 Å². The van der Waals surface area contributed by atoms with Crippen LogP contribution in [0.4, 0.5) is 0 Å². The number of carbonyl (C=O) groups excluding carboxylic acids is 1. The summed E-state index contributed by atoms with van der Waals surface area (Å²) in [4.78, 5) is 16.6. The van der Waals surface area contributed by atoms with Crippen molar-refractivity contribution >= 4 is 17.2 Å². The first-order valence-electron chi connectivity index (χ1n) is 10.9. The molecular weight excluding hydrogens is 396 g/mol. The van der Waals surface area contributed by atoms with Gasteiger partial charge in [-0.1, -0.05) is 31.1 Å². The first kappa shape index (κ1) is 21.2. The van der Waals surface area contributed by atoms with Crippen molar-refractivity contribution in [1.29, 1.82) is 0 Å². The molecule has 0 spiro atoms. The number of nitrogens with one attached hydrogen (secondary N) is 1. The molecule has 0 unspecified atom stereocenters. The summed E-state index contributed by atoms with van der Waals surface area (Å²) in [5.74, 6) is 0.104. The van der Waals surface area contributed by atoms with Gasteiger partial charge < -0.3 is 5.32 Å². The fourth-order valence-corrected chi connectivity index (χ4v) is 5.76. The average Bonchev–Trinajstić information content (AvgIpc) is 3.46. The quantitative estimate of drug-likeness (QED) is 0.682. The molecule has 1 amide bonds. The normalized spacial score (nSPS) is 24.4. The molecule has 2 aromatic rings. The van der Waals surface area contributed by atoms with Crippen molar-refractivity contribution in [3.63, 3.8) is 0 Å². The molecule has 0 aromatic carbocycles. The number of amides is 1. The highest BCUT2D eigenvalue weighted by molar-refractivity contribution is 7.09. The van der Waals surface area contributed by atoms with Gasteiger partial charge in [0.1, 0.15) is 6.33 Å². The van der Waals surface area contributed by atoms with Crippen LogP contribution in [0.3, 0.4) is 0 Å². The number of carbonyl (C=O) groups is 1. The van der Waals surface area contributed by atoms with Crippen molar-refractivity contribution < 1.29 is 4.79 Å². The molecule has 1 fully saturated rings. The van der Waals surface area contributed by atoms with Crippen molar-refractivity contribution in [3.8, 4) is 0 Å². The SMILES string of the molecule is CC1=C(CCN2C[C@@H](n3cnnn3)C[C@H]2C(=O)NCc2cccs2)C(C)(C)CCC1. The molecule has 7 nitrogen and oxygen atoms in total. The van der Waals surface area contributed by atoms with Gasteiger partial charge in [-0.15, -0.1) is 16.4 Å². The summed E-state index contributed by atoms with van der Waals surface area (Å²) >= 11 is 1.67. The Bertz CT molecular complexity index is 874. The van der Waals surface area contributed by atoms with Crippen LogP contribution in [-0.2, 0) is 11.3 Å². The summed E-state index contributed by atoms with van der Waals surface area (Å²) in [6.07, 6.45) is 7.15. The molecule has 2 aromatic heterocycles. The van der Waals surface area contributed by atoms with Gasteiger partial charge in [0.15, 0.2) is 0 Å². The highest BCUT2D eigenvalue weighted by atomic mass is 32.1. The second kappa shape index (κ2) is 8.98. The standard InChI is InChI=1S/C22H32N6OS/c1-16-6-4-9-22(2,3)19(16)8-10-27-14-17(28-15-24-25-26-28)12-20(27)21(29)23-13-18-7-5-11-30-18/h5,7,11,15,17,20H,4,6,8-10,12-14H2,1-3H3,(H,23,29)/t17-,20-/m0/s1. The summed E-state index contributed by atoms with van der Waals surface area (Å²) in [5.41, 5.74) is 3.38. The van der Waals surface area contributed by atoms with E-state index < -0.39 is 0 Å². The Morgan fingerprint density at radius 2 is 2.27 bits per heavy atom. The maximum absolute atomic E-state index is 13.1. The van der Waals surface area contributed by atoms with E-state index >= 15 is 0 Å². The van der Waals surface area contributed by atoms with Gasteiger partial charge >= 0.3 is 0 Å². The monoisotopic (exact) mass is 428 g/mol. The number of allylic oxidation sites excluding steroid dienone is 1. The summed E-state index contributed by atoms with van der Waals surface area (Å²) < 4.78 is 1.80. The number of tetrazole rings is 1. The lowest BCUT2D eigenvalue weighted by atomic mass is 9.71. The third kappa shape index (κ3) is 4.64. The van der Waals surface area contributed by atoms with E-state index in [0.29, 0.717) is 6.54 Å². The third-order valence-corrected chi connectivity index (χ3v) is 7.65. The van der Waals surface area contributed by atoms with E-state index in [4.69, 9.17) is 0 Å². The number of thiophene rings is 1. The zero-order valence-corrected chi connectivity index (χ0v) is 19.0. The van der Waals surface area contributed by atoms with Crippen LogP contribution in [0.25, 0.3) is 0 Å². The molecule has 3 heterocycles. The zero-order valence-electron chi connectivity index (χ0n) is 18.2. The third-order valence-electron chi connectivity index (χ3n) is 6.77. The van der Waals surface area contributed by atoms with Crippen LogP contribution >= 0.6 is 11.3 Å². The molecule has 0 bridgehead atoms. The Labute approximate surface area is 182 Å². The number of aromatic nitrogens is 4. The summed E-state index contributed by atoms with van der Waals surface area (Å²) in [6, 6.07) is 4.06. The van der Waals surface area contributed by atoms with Crippen LogP contribution in [0.2, 0.25) is 0 Å². The molecule has 2 atom stereocenters. The minimum Gasteiger partial charge on any atom is -0.350 e. The Balaban J connectivity index is 1.45. The van der Waals surface area contributed by atoms with E-state index in [0.717, 1.165) is 25.9 Å². The predicted octanol–water partition coefficient (Wildman–Crippen LogP) is 3.58. The summed E-state index contributed by atoms with van der Waals surface area (Å²) in [7, 11) is 0.